The van der Waals surface area contributed by atoms with Crippen LogP contribution in [0.4, 0.5) is 0 Å². The van der Waals surface area contributed by atoms with Gasteiger partial charge in [-0.25, -0.2) is 0 Å². The first-order chi connectivity index (χ1) is 10.0. The van der Waals surface area contributed by atoms with Gasteiger partial charge in [0.15, 0.2) is 0 Å². The normalized spacial score (nSPS) is 11.8. The summed E-state index contributed by atoms with van der Waals surface area (Å²) in [6, 6.07) is 13.4. The molecule has 0 aromatic heterocycles. The van der Waals surface area contributed by atoms with E-state index in [9.17, 15) is 5.11 Å². The molecule has 2 aromatic rings. The molecule has 0 fully saturated rings. The summed E-state index contributed by atoms with van der Waals surface area (Å²) < 4.78 is 0. The molecule has 3 heteroatoms. The van der Waals surface area contributed by atoms with Crippen molar-refractivity contribution in [1.82, 2.24) is 0 Å². The van der Waals surface area contributed by atoms with Crippen LogP contribution in [0.25, 0.3) is 10.8 Å². The molecule has 2 aromatic carbocycles. The lowest BCUT2D eigenvalue weighted by Gasteiger charge is -2.13. The fraction of sp³-hybridized carbons (Fsp3) is 0.167. The van der Waals surface area contributed by atoms with E-state index in [0.717, 1.165) is 21.9 Å². The van der Waals surface area contributed by atoms with E-state index in [0.29, 0.717) is 24.1 Å². The first-order valence-electron chi connectivity index (χ1n) is 6.75. The van der Waals surface area contributed by atoms with Crippen molar-refractivity contribution in [3.63, 3.8) is 0 Å². The Hall–Kier alpha value is -2.57. The summed E-state index contributed by atoms with van der Waals surface area (Å²) >= 11 is 0. The zero-order chi connectivity index (χ0) is 15.4. The Morgan fingerprint density at radius 3 is 2.57 bits per heavy atom. The first-order valence-corrected chi connectivity index (χ1v) is 6.75. The Bertz CT molecular complexity index is 740. The molecule has 0 heterocycles. The van der Waals surface area contributed by atoms with Crippen LogP contribution in [-0.2, 0) is 0 Å². The number of fused-ring (bicyclic) bond motifs is 1. The predicted molar refractivity (Wildman–Crippen MR) is 85.3 cm³/mol. The zero-order valence-electron chi connectivity index (χ0n) is 11.8. The van der Waals surface area contributed by atoms with Gasteiger partial charge in [0, 0.05) is 5.70 Å². The van der Waals surface area contributed by atoms with Gasteiger partial charge in [0.05, 0.1) is 17.7 Å². The van der Waals surface area contributed by atoms with Crippen LogP contribution >= 0.6 is 0 Å². The van der Waals surface area contributed by atoms with Crippen molar-refractivity contribution < 1.29 is 5.11 Å². The van der Waals surface area contributed by atoms with E-state index in [1.165, 1.54) is 0 Å². The lowest BCUT2D eigenvalue weighted by atomic mass is 9.98. The minimum absolute atomic E-state index is 0.458. The molecular weight excluding hydrogens is 260 g/mol. The Kier molecular flexibility index (Phi) is 4.42. The Morgan fingerprint density at radius 1 is 1.19 bits per heavy atom. The van der Waals surface area contributed by atoms with Crippen molar-refractivity contribution in [1.29, 1.82) is 5.26 Å². The van der Waals surface area contributed by atoms with Crippen LogP contribution in [0.15, 0.2) is 60.8 Å². The van der Waals surface area contributed by atoms with Crippen molar-refractivity contribution in [2.45, 2.75) is 18.9 Å². The van der Waals surface area contributed by atoms with E-state index in [2.05, 4.69) is 19.2 Å². The molecule has 106 valence electrons. The lowest BCUT2D eigenvalue weighted by molar-refractivity contribution is 0.168. The van der Waals surface area contributed by atoms with E-state index in [4.69, 9.17) is 11.0 Å². The second-order valence-corrected chi connectivity index (χ2v) is 5.12. The SMILES string of the molecule is C=C(N)C(=C)CCC(O)c1ccc2ccc(C#N)cc2c1. The van der Waals surface area contributed by atoms with Crippen LogP contribution in [0.3, 0.4) is 0 Å². The van der Waals surface area contributed by atoms with Crippen LogP contribution in [0.5, 0.6) is 0 Å². The van der Waals surface area contributed by atoms with Crippen molar-refractivity contribution in [3.8, 4) is 6.07 Å². The molecule has 21 heavy (non-hydrogen) atoms. The molecule has 0 spiro atoms. The van der Waals surface area contributed by atoms with E-state index < -0.39 is 6.10 Å². The van der Waals surface area contributed by atoms with Crippen LogP contribution in [0.1, 0.15) is 30.1 Å². The van der Waals surface area contributed by atoms with Crippen molar-refractivity contribution in [3.05, 3.63) is 72.0 Å². The quantitative estimate of drug-likeness (QED) is 0.822. The minimum atomic E-state index is -0.587. The molecule has 0 bridgehead atoms. The smallest absolute Gasteiger partial charge is 0.0991 e. The summed E-state index contributed by atoms with van der Waals surface area (Å²) in [4.78, 5) is 0. The van der Waals surface area contributed by atoms with Gasteiger partial charge < -0.3 is 10.8 Å². The first kappa shape index (κ1) is 14.8. The average molecular weight is 278 g/mol. The molecule has 1 unspecified atom stereocenters. The van der Waals surface area contributed by atoms with Crippen LogP contribution < -0.4 is 5.73 Å². The van der Waals surface area contributed by atoms with Gasteiger partial charge in [0.1, 0.15) is 0 Å². The van der Waals surface area contributed by atoms with Gasteiger partial charge in [-0.3, -0.25) is 0 Å². The van der Waals surface area contributed by atoms with Gasteiger partial charge in [-0.2, -0.15) is 5.26 Å². The van der Waals surface area contributed by atoms with E-state index >= 15 is 0 Å². The highest BCUT2D eigenvalue weighted by Crippen LogP contribution is 2.25. The highest BCUT2D eigenvalue weighted by atomic mass is 16.3. The average Bonchev–Trinajstić information content (AvgIpc) is 2.50. The summed E-state index contributed by atoms with van der Waals surface area (Å²) in [6.07, 6.45) is 0.557. The van der Waals surface area contributed by atoms with E-state index in [1.807, 2.05) is 30.3 Å². The maximum atomic E-state index is 10.3. The molecule has 0 amide bonds. The third-order valence-corrected chi connectivity index (χ3v) is 3.55. The number of hydrogen-bond donors (Lipinski definition) is 2. The van der Waals surface area contributed by atoms with E-state index in [1.54, 1.807) is 6.07 Å². The number of nitrogens with two attached hydrogens (primary N) is 1. The molecule has 3 N–H and O–H groups in total. The number of rotatable bonds is 5. The van der Waals surface area contributed by atoms with Gasteiger partial charge >= 0.3 is 0 Å². The molecule has 0 aliphatic rings. The highest BCUT2D eigenvalue weighted by Gasteiger charge is 2.09. The predicted octanol–water partition coefficient (Wildman–Crippen LogP) is 3.55. The van der Waals surface area contributed by atoms with Crippen LogP contribution in [0.2, 0.25) is 0 Å². The molecule has 0 aliphatic carbocycles. The summed E-state index contributed by atoms with van der Waals surface area (Å²) in [6.45, 7) is 7.45. The largest absolute Gasteiger partial charge is 0.399 e. The van der Waals surface area contributed by atoms with Crippen LogP contribution in [-0.4, -0.2) is 5.11 Å². The third kappa shape index (κ3) is 3.50. The number of allylic oxidation sites excluding steroid dienone is 1. The molecule has 0 saturated heterocycles. The van der Waals surface area contributed by atoms with Gasteiger partial charge in [-0.1, -0.05) is 31.4 Å². The number of aliphatic hydroxyl groups is 1. The van der Waals surface area contributed by atoms with Crippen molar-refractivity contribution >= 4 is 10.8 Å². The van der Waals surface area contributed by atoms with Gasteiger partial charge in [0.25, 0.3) is 0 Å². The Morgan fingerprint density at radius 2 is 1.90 bits per heavy atom. The number of nitrogens with zero attached hydrogens (tertiary/aromatic N) is 1. The van der Waals surface area contributed by atoms with Gasteiger partial charge in [0.2, 0.25) is 0 Å². The summed E-state index contributed by atoms with van der Waals surface area (Å²) in [5.41, 5.74) is 8.21. The number of aliphatic hydroxyl groups excluding tert-OH is 1. The lowest BCUT2D eigenvalue weighted by Crippen LogP contribution is -2.02. The maximum absolute atomic E-state index is 10.3. The topological polar surface area (TPSA) is 70.0 Å². The van der Waals surface area contributed by atoms with E-state index in [-0.39, 0.29) is 0 Å². The second-order valence-electron chi connectivity index (χ2n) is 5.12. The summed E-state index contributed by atoms with van der Waals surface area (Å²) in [5, 5.41) is 21.2. The van der Waals surface area contributed by atoms with Crippen molar-refractivity contribution in [2.24, 2.45) is 5.73 Å². The fourth-order valence-electron chi connectivity index (χ4n) is 2.18. The molecule has 0 aliphatic heterocycles. The molecular formula is C18H18N2O. The zero-order valence-corrected chi connectivity index (χ0v) is 11.8. The number of hydrogen-bond acceptors (Lipinski definition) is 3. The minimum Gasteiger partial charge on any atom is -0.399 e. The monoisotopic (exact) mass is 278 g/mol. The van der Waals surface area contributed by atoms with Gasteiger partial charge in [-0.15, -0.1) is 0 Å². The molecule has 0 radical (unpaired) electrons. The fourth-order valence-corrected chi connectivity index (χ4v) is 2.18. The molecule has 1 atom stereocenters. The summed E-state index contributed by atoms with van der Waals surface area (Å²) in [5.74, 6) is 0. The van der Waals surface area contributed by atoms with Crippen LogP contribution in [0, 0.1) is 11.3 Å². The third-order valence-electron chi connectivity index (χ3n) is 3.55. The summed E-state index contributed by atoms with van der Waals surface area (Å²) in [7, 11) is 0. The standard InChI is InChI=1S/C18H18N2O/c1-12(13(2)20)3-8-18(21)16-7-6-15-5-4-14(11-19)9-17(15)10-16/h4-7,9-10,18,21H,1-3,8,20H2. The maximum Gasteiger partial charge on any atom is 0.0991 e. The van der Waals surface area contributed by atoms with Gasteiger partial charge in [-0.05, 0) is 52.9 Å². The molecule has 3 nitrogen and oxygen atoms in total. The Balaban J connectivity index is 2.19. The number of nitriles is 1. The highest BCUT2D eigenvalue weighted by molar-refractivity contribution is 5.84. The molecule has 2 rings (SSSR count). The van der Waals surface area contributed by atoms with Crippen molar-refractivity contribution in [2.75, 3.05) is 0 Å². The Labute approximate surface area is 124 Å². The second kappa shape index (κ2) is 6.25. The molecule has 0 saturated carbocycles. The number of benzene rings is 2.